The monoisotopic (exact) mass is 214 g/mol. The average Bonchev–Trinajstić information content (AvgIpc) is 2.64. The van der Waals surface area contributed by atoms with Gasteiger partial charge in [0.15, 0.2) is 0 Å². The third kappa shape index (κ3) is 1.30. The Labute approximate surface area is 96.3 Å². The number of rotatable bonds is 1. The highest BCUT2D eigenvalue weighted by molar-refractivity contribution is 5.85. The molecule has 84 valence electrons. The number of hydrogen-bond acceptors (Lipinski definition) is 1. The topological polar surface area (TPSA) is 17.0 Å². The summed E-state index contributed by atoms with van der Waals surface area (Å²) in [7, 11) is 4.27. The lowest BCUT2D eigenvalue weighted by Gasteiger charge is -2.22. The molecule has 0 spiro atoms. The number of fused-ring (bicyclic) bond motifs is 3. The van der Waals surface area contributed by atoms with E-state index >= 15 is 0 Å². The number of aromatic nitrogens is 1. The molecule has 0 bridgehead atoms. The molecular weight excluding hydrogens is 196 g/mol. The molecule has 2 heteroatoms. The van der Waals surface area contributed by atoms with Crippen LogP contribution >= 0.6 is 0 Å². The van der Waals surface area contributed by atoms with Crippen LogP contribution in [0.1, 0.15) is 17.7 Å². The van der Waals surface area contributed by atoms with Crippen molar-refractivity contribution < 1.29 is 0 Å². The smallest absolute Gasteiger partial charge is 0.0482 e. The van der Waals surface area contributed by atoms with E-state index in [1.165, 1.54) is 35.9 Å². The Bertz CT molecular complexity index is 525. The van der Waals surface area contributed by atoms with Gasteiger partial charge in [0.1, 0.15) is 0 Å². The minimum Gasteiger partial charge on any atom is -0.347 e. The molecule has 0 aliphatic heterocycles. The second-order valence-electron chi connectivity index (χ2n) is 4.73. The van der Waals surface area contributed by atoms with E-state index in [1.807, 2.05) is 0 Å². The van der Waals surface area contributed by atoms with E-state index in [-0.39, 0.29) is 0 Å². The Morgan fingerprint density at radius 3 is 2.94 bits per heavy atom. The van der Waals surface area contributed by atoms with Gasteiger partial charge in [0.25, 0.3) is 0 Å². The van der Waals surface area contributed by atoms with Crippen LogP contribution in [-0.2, 0) is 19.9 Å². The van der Waals surface area contributed by atoms with Crippen LogP contribution in [0.5, 0.6) is 0 Å². The summed E-state index contributed by atoms with van der Waals surface area (Å²) < 4.78 is 2.37. The molecule has 1 N–H and O–H groups in total. The minimum atomic E-state index is 0.651. The van der Waals surface area contributed by atoms with Crippen molar-refractivity contribution >= 4 is 10.9 Å². The second-order valence-corrected chi connectivity index (χ2v) is 4.73. The van der Waals surface area contributed by atoms with Crippen LogP contribution in [0, 0.1) is 0 Å². The molecule has 1 aliphatic rings. The molecule has 0 saturated heterocycles. The third-order valence-corrected chi connectivity index (χ3v) is 3.93. The standard InChI is InChI=1S/C14H18N2/c1-15-10-7-8-14-12(9-10)11-5-3-4-6-13(11)16(14)2/h3-6,10,15H,7-9H2,1-2H3. The van der Waals surface area contributed by atoms with E-state index in [9.17, 15) is 0 Å². The molecule has 1 aromatic heterocycles. The fraction of sp³-hybridized carbons (Fsp3) is 0.429. The zero-order valence-corrected chi connectivity index (χ0v) is 9.96. The van der Waals surface area contributed by atoms with Crippen LogP contribution in [-0.4, -0.2) is 17.7 Å². The number of para-hydroxylation sites is 1. The lowest BCUT2D eigenvalue weighted by Crippen LogP contribution is -2.31. The zero-order valence-electron chi connectivity index (χ0n) is 9.96. The minimum absolute atomic E-state index is 0.651. The van der Waals surface area contributed by atoms with Gasteiger partial charge in [-0.25, -0.2) is 0 Å². The van der Waals surface area contributed by atoms with E-state index in [1.54, 1.807) is 5.56 Å². The molecule has 1 aromatic carbocycles. The van der Waals surface area contributed by atoms with Crippen LogP contribution < -0.4 is 5.32 Å². The fourth-order valence-corrected chi connectivity index (χ4v) is 2.98. The molecule has 1 atom stereocenters. The van der Waals surface area contributed by atoms with Gasteiger partial charge in [-0.2, -0.15) is 0 Å². The first-order valence-corrected chi connectivity index (χ1v) is 6.03. The SMILES string of the molecule is CNC1CCc2c(c3ccccc3n2C)C1. The molecule has 1 heterocycles. The molecule has 0 amide bonds. The van der Waals surface area contributed by atoms with Gasteiger partial charge in [-0.1, -0.05) is 18.2 Å². The summed E-state index contributed by atoms with van der Waals surface area (Å²) in [5.41, 5.74) is 4.47. The van der Waals surface area contributed by atoms with Crippen molar-refractivity contribution in [3.63, 3.8) is 0 Å². The van der Waals surface area contributed by atoms with Crippen LogP contribution in [0.25, 0.3) is 10.9 Å². The lowest BCUT2D eigenvalue weighted by molar-refractivity contribution is 0.488. The summed E-state index contributed by atoms with van der Waals surface area (Å²) in [6.45, 7) is 0. The van der Waals surface area contributed by atoms with Crippen molar-refractivity contribution in [2.75, 3.05) is 7.05 Å². The number of nitrogens with zero attached hydrogens (tertiary/aromatic N) is 1. The summed E-state index contributed by atoms with van der Waals surface area (Å²) >= 11 is 0. The maximum atomic E-state index is 3.41. The lowest BCUT2D eigenvalue weighted by atomic mass is 9.91. The molecular formula is C14H18N2. The summed E-state index contributed by atoms with van der Waals surface area (Å²) in [5.74, 6) is 0. The molecule has 0 fully saturated rings. The first-order chi connectivity index (χ1) is 7.81. The highest BCUT2D eigenvalue weighted by Crippen LogP contribution is 2.31. The summed E-state index contributed by atoms with van der Waals surface area (Å²) in [6.07, 6.45) is 3.63. The van der Waals surface area contributed by atoms with E-state index in [0.717, 1.165) is 0 Å². The zero-order chi connectivity index (χ0) is 11.1. The maximum absolute atomic E-state index is 3.41. The molecule has 16 heavy (non-hydrogen) atoms. The summed E-state index contributed by atoms with van der Waals surface area (Å²) in [6, 6.07) is 9.40. The molecule has 3 rings (SSSR count). The van der Waals surface area contributed by atoms with Crippen LogP contribution in [0.4, 0.5) is 0 Å². The highest BCUT2D eigenvalue weighted by atomic mass is 15.0. The predicted octanol–water partition coefficient (Wildman–Crippen LogP) is 2.25. The van der Waals surface area contributed by atoms with E-state index in [0.29, 0.717) is 6.04 Å². The van der Waals surface area contributed by atoms with Crippen molar-refractivity contribution in [1.29, 1.82) is 0 Å². The number of nitrogens with one attached hydrogen (secondary N) is 1. The van der Waals surface area contributed by atoms with Gasteiger partial charge in [-0.3, -0.25) is 0 Å². The molecule has 0 radical (unpaired) electrons. The molecule has 0 saturated carbocycles. The van der Waals surface area contributed by atoms with Gasteiger partial charge in [0, 0.05) is 29.7 Å². The number of benzene rings is 1. The Kier molecular flexibility index (Phi) is 2.25. The third-order valence-electron chi connectivity index (χ3n) is 3.93. The summed E-state index contributed by atoms with van der Waals surface area (Å²) in [5, 5.41) is 4.85. The highest BCUT2D eigenvalue weighted by Gasteiger charge is 2.22. The second kappa shape index (κ2) is 3.63. The van der Waals surface area contributed by atoms with Gasteiger partial charge in [-0.05, 0) is 37.9 Å². The maximum Gasteiger partial charge on any atom is 0.0482 e. The van der Waals surface area contributed by atoms with Crippen LogP contribution in [0.15, 0.2) is 24.3 Å². The molecule has 2 nitrogen and oxygen atoms in total. The Morgan fingerprint density at radius 1 is 1.31 bits per heavy atom. The van der Waals surface area contributed by atoms with E-state index in [4.69, 9.17) is 0 Å². The van der Waals surface area contributed by atoms with E-state index < -0.39 is 0 Å². The van der Waals surface area contributed by atoms with E-state index in [2.05, 4.69) is 48.2 Å². The van der Waals surface area contributed by atoms with Gasteiger partial charge >= 0.3 is 0 Å². The predicted molar refractivity (Wildman–Crippen MR) is 67.8 cm³/mol. The summed E-state index contributed by atoms with van der Waals surface area (Å²) in [4.78, 5) is 0. The first-order valence-electron chi connectivity index (χ1n) is 6.03. The van der Waals surface area contributed by atoms with Gasteiger partial charge in [-0.15, -0.1) is 0 Å². The number of hydrogen-bond donors (Lipinski definition) is 1. The van der Waals surface area contributed by atoms with Crippen LogP contribution in [0.2, 0.25) is 0 Å². The largest absolute Gasteiger partial charge is 0.347 e. The average molecular weight is 214 g/mol. The number of aryl methyl sites for hydroxylation is 1. The Balaban J connectivity index is 2.21. The van der Waals surface area contributed by atoms with Crippen LogP contribution in [0.3, 0.4) is 0 Å². The van der Waals surface area contributed by atoms with Crippen molar-refractivity contribution in [2.45, 2.75) is 25.3 Å². The molecule has 1 unspecified atom stereocenters. The van der Waals surface area contributed by atoms with Crippen molar-refractivity contribution in [1.82, 2.24) is 9.88 Å². The van der Waals surface area contributed by atoms with Crippen molar-refractivity contribution in [2.24, 2.45) is 7.05 Å². The van der Waals surface area contributed by atoms with Gasteiger partial charge < -0.3 is 9.88 Å². The number of likely N-dealkylation sites (N-methyl/N-ethyl adjacent to an activating group) is 1. The first kappa shape index (κ1) is 9.91. The normalized spacial score (nSPS) is 20.0. The molecule has 1 aliphatic carbocycles. The Morgan fingerprint density at radius 2 is 2.12 bits per heavy atom. The van der Waals surface area contributed by atoms with Crippen molar-refractivity contribution in [3.8, 4) is 0 Å². The van der Waals surface area contributed by atoms with Crippen molar-refractivity contribution in [3.05, 3.63) is 35.5 Å². The molecule has 2 aromatic rings. The fourth-order valence-electron chi connectivity index (χ4n) is 2.98. The van der Waals surface area contributed by atoms with Gasteiger partial charge in [0.05, 0.1) is 0 Å². The Hall–Kier alpha value is -1.28. The quantitative estimate of drug-likeness (QED) is 0.770. The van der Waals surface area contributed by atoms with Gasteiger partial charge in [0.2, 0.25) is 0 Å².